The first-order chi connectivity index (χ1) is 8.69. The highest BCUT2D eigenvalue weighted by Gasteiger charge is 2.21. The summed E-state index contributed by atoms with van der Waals surface area (Å²) in [6, 6.07) is -0.593. The molecule has 0 saturated carbocycles. The van der Waals surface area contributed by atoms with Crippen LogP contribution in [0.4, 0.5) is 4.79 Å². The van der Waals surface area contributed by atoms with Crippen molar-refractivity contribution >= 4 is 12.0 Å². The van der Waals surface area contributed by atoms with Crippen LogP contribution in [0.5, 0.6) is 0 Å². The standard InChI is InChI=1S/C14H28N2O3/c1-7-11(8-2)9-15-12(17)10(3)16-13(18)19-14(4,5)6/h10-11H,7-9H2,1-6H3,(H,15,17)(H,16,18). The van der Waals surface area contributed by atoms with Crippen molar-refractivity contribution in [2.24, 2.45) is 5.92 Å². The summed E-state index contributed by atoms with van der Waals surface area (Å²) in [7, 11) is 0. The van der Waals surface area contributed by atoms with E-state index in [2.05, 4.69) is 24.5 Å². The zero-order chi connectivity index (χ0) is 15.1. The number of alkyl carbamates (subject to hydrolysis) is 1. The highest BCUT2D eigenvalue weighted by molar-refractivity contribution is 5.85. The van der Waals surface area contributed by atoms with Crippen molar-refractivity contribution in [3.8, 4) is 0 Å². The molecule has 0 fully saturated rings. The zero-order valence-electron chi connectivity index (χ0n) is 13.0. The number of carbonyl (C=O) groups excluding carboxylic acids is 2. The molecule has 1 atom stereocenters. The molecule has 5 nitrogen and oxygen atoms in total. The van der Waals surface area contributed by atoms with Crippen LogP contribution in [-0.2, 0) is 9.53 Å². The Balaban J connectivity index is 4.10. The van der Waals surface area contributed by atoms with Crippen LogP contribution in [0.1, 0.15) is 54.4 Å². The van der Waals surface area contributed by atoms with Crippen molar-refractivity contribution < 1.29 is 14.3 Å². The minimum absolute atomic E-state index is 0.183. The van der Waals surface area contributed by atoms with Gasteiger partial charge in [-0.25, -0.2) is 4.79 Å². The van der Waals surface area contributed by atoms with Gasteiger partial charge in [-0.15, -0.1) is 0 Å². The molecule has 0 saturated heterocycles. The lowest BCUT2D eigenvalue weighted by Crippen LogP contribution is -2.47. The topological polar surface area (TPSA) is 67.4 Å². The number of amides is 2. The van der Waals surface area contributed by atoms with E-state index >= 15 is 0 Å². The Labute approximate surface area is 116 Å². The Morgan fingerprint density at radius 3 is 2.11 bits per heavy atom. The molecule has 5 heteroatoms. The quantitative estimate of drug-likeness (QED) is 0.780. The van der Waals surface area contributed by atoms with Crippen molar-refractivity contribution in [3.63, 3.8) is 0 Å². The Morgan fingerprint density at radius 2 is 1.68 bits per heavy atom. The summed E-state index contributed by atoms with van der Waals surface area (Å²) in [5, 5.41) is 5.37. The molecule has 0 rings (SSSR count). The minimum Gasteiger partial charge on any atom is -0.444 e. The van der Waals surface area contributed by atoms with Crippen LogP contribution in [0.2, 0.25) is 0 Å². The van der Waals surface area contributed by atoms with Crippen molar-refractivity contribution in [2.45, 2.75) is 66.0 Å². The molecule has 112 valence electrons. The van der Waals surface area contributed by atoms with Gasteiger partial charge in [0.1, 0.15) is 11.6 Å². The summed E-state index contributed by atoms with van der Waals surface area (Å²) in [6.45, 7) is 11.8. The molecule has 0 aromatic carbocycles. The third kappa shape index (κ3) is 8.46. The summed E-state index contributed by atoms with van der Waals surface area (Å²) >= 11 is 0. The van der Waals surface area contributed by atoms with Crippen LogP contribution >= 0.6 is 0 Å². The molecule has 2 amide bonds. The van der Waals surface area contributed by atoms with Crippen molar-refractivity contribution in [1.82, 2.24) is 10.6 Å². The Hall–Kier alpha value is -1.26. The van der Waals surface area contributed by atoms with Crippen LogP contribution in [0.3, 0.4) is 0 Å². The normalized spacial score (nSPS) is 13.0. The fourth-order valence-electron chi connectivity index (χ4n) is 1.53. The van der Waals surface area contributed by atoms with Gasteiger partial charge in [0.15, 0.2) is 0 Å². The van der Waals surface area contributed by atoms with E-state index in [1.165, 1.54) is 0 Å². The van der Waals surface area contributed by atoms with E-state index in [0.717, 1.165) is 12.8 Å². The Morgan fingerprint density at radius 1 is 1.16 bits per heavy atom. The van der Waals surface area contributed by atoms with Crippen molar-refractivity contribution in [2.75, 3.05) is 6.54 Å². The zero-order valence-corrected chi connectivity index (χ0v) is 13.0. The van der Waals surface area contributed by atoms with Crippen LogP contribution < -0.4 is 10.6 Å². The molecule has 2 N–H and O–H groups in total. The number of carbonyl (C=O) groups is 2. The summed E-state index contributed by atoms with van der Waals surface area (Å²) in [5.41, 5.74) is -0.560. The van der Waals surface area contributed by atoms with Gasteiger partial charge in [-0.1, -0.05) is 26.7 Å². The average molecular weight is 272 g/mol. The number of nitrogens with one attached hydrogen (secondary N) is 2. The highest BCUT2D eigenvalue weighted by atomic mass is 16.6. The predicted molar refractivity (Wildman–Crippen MR) is 75.9 cm³/mol. The molecule has 0 bridgehead atoms. The highest BCUT2D eigenvalue weighted by Crippen LogP contribution is 2.07. The second-order valence-corrected chi connectivity index (χ2v) is 5.80. The third-order valence-corrected chi connectivity index (χ3v) is 2.85. The second kappa shape index (κ2) is 8.02. The third-order valence-electron chi connectivity index (χ3n) is 2.85. The Bertz CT molecular complexity index is 294. The second-order valence-electron chi connectivity index (χ2n) is 5.80. The molecule has 1 unspecified atom stereocenters. The SMILES string of the molecule is CCC(CC)CNC(=O)C(C)NC(=O)OC(C)(C)C. The van der Waals surface area contributed by atoms with Gasteiger partial charge in [0.25, 0.3) is 0 Å². The summed E-state index contributed by atoms with van der Waals surface area (Å²) in [4.78, 5) is 23.3. The summed E-state index contributed by atoms with van der Waals surface area (Å²) < 4.78 is 5.10. The fourth-order valence-corrected chi connectivity index (χ4v) is 1.53. The molecule has 19 heavy (non-hydrogen) atoms. The Kier molecular flexibility index (Phi) is 7.49. The summed E-state index contributed by atoms with van der Waals surface area (Å²) in [5.74, 6) is 0.301. The minimum atomic E-state index is -0.593. The van der Waals surface area contributed by atoms with E-state index in [9.17, 15) is 9.59 Å². The molecular formula is C14H28N2O3. The first-order valence-corrected chi connectivity index (χ1v) is 6.96. The number of ether oxygens (including phenoxy) is 1. The van der Waals surface area contributed by atoms with E-state index < -0.39 is 17.7 Å². The molecule has 0 heterocycles. The van der Waals surface area contributed by atoms with Gasteiger partial charge >= 0.3 is 6.09 Å². The molecule has 0 aliphatic carbocycles. The molecule has 0 spiro atoms. The van der Waals surface area contributed by atoms with E-state index in [0.29, 0.717) is 12.5 Å². The molecule has 0 radical (unpaired) electrons. The van der Waals surface area contributed by atoms with Gasteiger partial charge in [-0.05, 0) is 33.6 Å². The van der Waals surface area contributed by atoms with Crippen LogP contribution in [0.25, 0.3) is 0 Å². The van der Waals surface area contributed by atoms with Gasteiger partial charge in [0, 0.05) is 6.54 Å². The maximum atomic E-state index is 11.8. The van der Waals surface area contributed by atoms with Gasteiger partial charge in [-0.3, -0.25) is 4.79 Å². The smallest absolute Gasteiger partial charge is 0.408 e. The molecule has 0 aliphatic rings. The number of hydrogen-bond donors (Lipinski definition) is 2. The number of hydrogen-bond acceptors (Lipinski definition) is 3. The van der Waals surface area contributed by atoms with Crippen LogP contribution in [0.15, 0.2) is 0 Å². The first-order valence-electron chi connectivity index (χ1n) is 6.96. The average Bonchev–Trinajstić information content (AvgIpc) is 2.27. The fraction of sp³-hybridized carbons (Fsp3) is 0.857. The van der Waals surface area contributed by atoms with Crippen molar-refractivity contribution in [1.29, 1.82) is 0 Å². The van der Waals surface area contributed by atoms with Crippen molar-refractivity contribution in [3.05, 3.63) is 0 Å². The maximum absolute atomic E-state index is 11.8. The maximum Gasteiger partial charge on any atom is 0.408 e. The monoisotopic (exact) mass is 272 g/mol. The molecule has 0 aromatic rings. The van der Waals surface area contributed by atoms with Gasteiger partial charge < -0.3 is 15.4 Å². The van der Waals surface area contributed by atoms with Crippen LogP contribution in [-0.4, -0.2) is 30.2 Å². The first kappa shape index (κ1) is 17.7. The van der Waals surface area contributed by atoms with Crippen LogP contribution in [0, 0.1) is 5.92 Å². The van der Waals surface area contributed by atoms with E-state index in [4.69, 9.17) is 4.74 Å². The van der Waals surface area contributed by atoms with Gasteiger partial charge in [0.05, 0.1) is 0 Å². The van der Waals surface area contributed by atoms with Gasteiger partial charge in [-0.2, -0.15) is 0 Å². The van der Waals surface area contributed by atoms with E-state index in [-0.39, 0.29) is 5.91 Å². The molecular weight excluding hydrogens is 244 g/mol. The van der Waals surface area contributed by atoms with E-state index in [1.807, 2.05) is 0 Å². The largest absolute Gasteiger partial charge is 0.444 e. The lowest BCUT2D eigenvalue weighted by atomic mass is 10.0. The summed E-state index contributed by atoms with van der Waals surface area (Å²) in [6.07, 6.45) is 1.49. The molecule has 0 aliphatic heterocycles. The predicted octanol–water partition coefficient (Wildman–Crippen LogP) is 2.45. The lowest BCUT2D eigenvalue weighted by molar-refractivity contribution is -0.123. The van der Waals surface area contributed by atoms with Gasteiger partial charge in [0.2, 0.25) is 5.91 Å². The number of rotatable bonds is 6. The van der Waals surface area contributed by atoms with E-state index in [1.54, 1.807) is 27.7 Å². The molecule has 0 aromatic heterocycles. The lowest BCUT2D eigenvalue weighted by Gasteiger charge is -2.22.